The predicted octanol–water partition coefficient (Wildman–Crippen LogP) is 1.28. The smallest absolute Gasteiger partial charge is 0.329 e. The van der Waals surface area contributed by atoms with E-state index in [-0.39, 0.29) is 6.04 Å². The van der Waals surface area contributed by atoms with Crippen molar-refractivity contribution >= 4 is 18.0 Å². The Morgan fingerprint density at radius 2 is 1.89 bits per heavy atom. The van der Waals surface area contributed by atoms with Gasteiger partial charge in [-0.3, -0.25) is 9.59 Å². The number of rotatable bonds is 3. The molecule has 1 aromatic carbocycles. The zero-order chi connectivity index (χ0) is 14.4. The van der Waals surface area contributed by atoms with Crippen LogP contribution in [0.4, 0.5) is 0 Å². The fourth-order valence-electron chi connectivity index (χ4n) is 1.51. The molecule has 0 unspecified atom stereocenters. The Kier molecular flexibility index (Phi) is 5.23. The first kappa shape index (κ1) is 14.9. The minimum Gasteiger partial charge on any atom is -0.346 e. The summed E-state index contributed by atoms with van der Waals surface area (Å²) in [6.45, 7) is 7.53. The van der Waals surface area contributed by atoms with Crippen molar-refractivity contribution in [3.05, 3.63) is 34.9 Å². The number of amides is 2. The van der Waals surface area contributed by atoms with Gasteiger partial charge >= 0.3 is 11.8 Å². The number of nitrogens with one attached hydrogen (secondary N) is 2. The van der Waals surface area contributed by atoms with E-state index in [4.69, 9.17) is 0 Å². The molecular weight excluding hydrogens is 242 g/mol. The quantitative estimate of drug-likeness (QED) is 0.489. The summed E-state index contributed by atoms with van der Waals surface area (Å²) in [6, 6.07) is 5.81. The Bertz CT molecular complexity index is 507. The molecule has 0 saturated heterocycles. The second-order valence-electron chi connectivity index (χ2n) is 4.69. The van der Waals surface area contributed by atoms with E-state index in [1.54, 1.807) is 13.8 Å². The number of aryl methyl sites for hydroxylation is 2. The minimum absolute atomic E-state index is 0.0819. The number of hydrogen-bond donors (Lipinski definition) is 2. The maximum Gasteiger partial charge on any atom is 0.329 e. The Morgan fingerprint density at radius 3 is 2.47 bits per heavy atom. The van der Waals surface area contributed by atoms with Crippen molar-refractivity contribution in [3.63, 3.8) is 0 Å². The molecule has 1 rings (SSSR count). The highest BCUT2D eigenvalue weighted by atomic mass is 16.2. The molecule has 19 heavy (non-hydrogen) atoms. The third kappa shape index (κ3) is 4.91. The van der Waals surface area contributed by atoms with Crippen LogP contribution in [0.1, 0.15) is 30.5 Å². The van der Waals surface area contributed by atoms with Crippen LogP contribution in [0.25, 0.3) is 0 Å². The molecule has 2 amide bonds. The van der Waals surface area contributed by atoms with Crippen LogP contribution in [0.3, 0.4) is 0 Å². The van der Waals surface area contributed by atoms with Gasteiger partial charge in [-0.25, -0.2) is 5.43 Å². The highest BCUT2D eigenvalue weighted by molar-refractivity contribution is 6.35. The third-order valence-corrected chi connectivity index (χ3v) is 2.42. The van der Waals surface area contributed by atoms with Gasteiger partial charge in [0.25, 0.3) is 0 Å². The molecule has 0 aromatic heterocycles. The van der Waals surface area contributed by atoms with Crippen molar-refractivity contribution in [1.82, 2.24) is 10.7 Å². The van der Waals surface area contributed by atoms with Crippen molar-refractivity contribution in [1.29, 1.82) is 0 Å². The van der Waals surface area contributed by atoms with Gasteiger partial charge in [-0.05, 0) is 38.8 Å². The Morgan fingerprint density at radius 1 is 1.21 bits per heavy atom. The standard InChI is InChI=1S/C14H19N3O2/c1-9(2)16-13(18)14(19)17-15-8-12-6-5-10(3)7-11(12)4/h5-9H,1-4H3,(H,16,18)(H,17,19)/b15-8-. The first-order valence-electron chi connectivity index (χ1n) is 6.11. The number of hydrogen-bond acceptors (Lipinski definition) is 3. The maximum atomic E-state index is 11.4. The normalized spacial score (nSPS) is 10.8. The molecule has 0 fully saturated rings. The lowest BCUT2D eigenvalue weighted by Gasteiger charge is -2.06. The Hall–Kier alpha value is -2.17. The van der Waals surface area contributed by atoms with Crippen molar-refractivity contribution < 1.29 is 9.59 Å². The van der Waals surface area contributed by atoms with E-state index >= 15 is 0 Å². The van der Waals surface area contributed by atoms with Crippen molar-refractivity contribution in [3.8, 4) is 0 Å². The maximum absolute atomic E-state index is 11.4. The second-order valence-corrected chi connectivity index (χ2v) is 4.69. The summed E-state index contributed by atoms with van der Waals surface area (Å²) in [7, 11) is 0. The molecule has 0 heterocycles. The molecule has 0 radical (unpaired) electrons. The first-order valence-corrected chi connectivity index (χ1v) is 6.11. The topological polar surface area (TPSA) is 70.6 Å². The van der Waals surface area contributed by atoms with Crippen LogP contribution in [0.15, 0.2) is 23.3 Å². The van der Waals surface area contributed by atoms with Crippen LogP contribution in [0.5, 0.6) is 0 Å². The Labute approximate surface area is 113 Å². The molecule has 5 heteroatoms. The average Bonchev–Trinajstić information content (AvgIpc) is 2.30. The van der Waals surface area contributed by atoms with Gasteiger partial charge in [-0.2, -0.15) is 5.10 Å². The zero-order valence-electron chi connectivity index (χ0n) is 11.7. The fraction of sp³-hybridized carbons (Fsp3) is 0.357. The highest BCUT2D eigenvalue weighted by Gasteiger charge is 2.12. The van der Waals surface area contributed by atoms with Gasteiger partial charge in [-0.1, -0.05) is 23.8 Å². The molecule has 1 aromatic rings. The van der Waals surface area contributed by atoms with Crippen molar-refractivity contribution in [2.75, 3.05) is 0 Å². The van der Waals surface area contributed by atoms with Gasteiger partial charge in [0.15, 0.2) is 0 Å². The monoisotopic (exact) mass is 261 g/mol. The van der Waals surface area contributed by atoms with Crippen molar-refractivity contribution in [2.24, 2.45) is 5.10 Å². The summed E-state index contributed by atoms with van der Waals surface area (Å²) in [5.41, 5.74) is 5.32. The third-order valence-electron chi connectivity index (χ3n) is 2.42. The lowest BCUT2D eigenvalue weighted by molar-refractivity contribution is -0.139. The van der Waals surface area contributed by atoms with Gasteiger partial charge in [0.1, 0.15) is 0 Å². The lowest BCUT2D eigenvalue weighted by Crippen LogP contribution is -2.41. The minimum atomic E-state index is -0.769. The van der Waals surface area contributed by atoms with Crippen LogP contribution in [-0.2, 0) is 9.59 Å². The number of nitrogens with zero attached hydrogens (tertiary/aromatic N) is 1. The van der Waals surface area contributed by atoms with Crippen LogP contribution >= 0.6 is 0 Å². The molecule has 0 saturated carbocycles. The van der Waals surface area contributed by atoms with Gasteiger partial charge in [0.2, 0.25) is 0 Å². The summed E-state index contributed by atoms with van der Waals surface area (Å²) in [5.74, 6) is -1.46. The van der Waals surface area contributed by atoms with E-state index in [9.17, 15) is 9.59 Å². The molecule has 0 aliphatic rings. The molecule has 2 N–H and O–H groups in total. The average molecular weight is 261 g/mol. The first-order chi connectivity index (χ1) is 8.90. The fourth-order valence-corrected chi connectivity index (χ4v) is 1.51. The summed E-state index contributed by atoms with van der Waals surface area (Å²) in [6.07, 6.45) is 1.52. The number of benzene rings is 1. The molecule has 0 bridgehead atoms. The Balaban J connectivity index is 2.58. The van der Waals surface area contributed by atoms with E-state index in [2.05, 4.69) is 15.8 Å². The van der Waals surface area contributed by atoms with E-state index in [0.29, 0.717) is 0 Å². The van der Waals surface area contributed by atoms with E-state index < -0.39 is 11.8 Å². The van der Waals surface area contributed by atoms with E-state index in [1.165, 1.54) is 6.21 Å². The summed E-state index contributed by atoms with van der Waals surface area (Å²) < 4.78 is 0. The molecular formula is C14H19N3O2. The van der Waals surface area contributed by atoms with Crippen LogP contribution < -0.4 is 10.7 Å². The summed E-state index contributed by atoms with van der Waals surface area (Å²) >= 11 is 0. The lowest BCUT2D eigenvalue weighted by atomic mass is 10.1. The molecule has 0 spiro atoms. The van der Waals surface area contributed by atoms with Gasteiger partial charge in [0, 0.05) is 6.04 Å². The predicted molar refractivity (Wildman–Crippen MR) is 74.9 cm³/mol. The molecule has 102 valence electrons. The SMILES string of the molecule is Cc1ccc(/C=N\NC(=O)C(=O)NC(C)C)c(C)c1. The molecule has 5 nitrogen and oxygen atoms in total. The van der Waals surface area contributed by atoms with Gasteiger partial charge in [-0.15, -0.1) is 0 Å². The van der Waals surface area contributed by atoms with Gasteiger partial charge < -0.3 is 5.32 Å². The zero-order valence-corrected chi connectivity index (χ0v) is 11.7. The molecule has 0 atom stereocenters. The number of hydrazone groups is 1. The summed E-state index contributed by atoms with van der Waals surface area (Å²) in [5, 5.41) is 6.26. The van der Waals surface area contributed by atoms with Crippen LogP contribution in [0.2, 0.25) is 0 Å². The molecule has 0 aliphatic heterocycles. The van der Waals surface area contributed by atoms with E-state index in [0.717, 1.165) is 16.7 Å². The highest BCUT2D eigenvalue weighted by Crippen LogP contribution is 2.07. The van der Waals surface area contributed by atoms with Crippen LogP contribution in [0, 0.1) is 13.8 Å². The van der Waals surface area contributed by atoms with E-state index in [1.807, 2.05) is 32.0 Å². The largest absolute Gasteiger partial charge is 0.346 e. The van der Waals surface area contributed by atoms with Gasteiger partial charge in [0.05, 0.1) is 6.21 Å². The van der Waals surface area contributed by atoms with Crippen molar-refractivity contribution in [2.45, 2.75) is 33.7 Å². The summed E-state index contributed by atoms with van der Waals surface area (Å²) in [4.78, 5) is 22.7. The van der Waals surface area contributed by atoms with Crippen LogP contribution in [-0.4, -0.2) is 24.1 Å². The number of carbonyl (C=O) groups excluding carboxylic acids is 2. The second kappa shape index (κ2) is 6.68. The molecule has 0 aliphatic carbocycles. The number of carbonyl (C=O) groups is 2.